The summed E-state index contributed by atoms with van der Waals surface area (Å²) in [6.45, 7) is 0.560. The van der Waals surface area contributed by atoms with Crippen LogP contribution in [0.5, 0.6) is 0 Å². The molecule has 126 valence electrons. The van der Waals surface area contributed by atoms with Crippen LogP contribution in [0.2, 0.25) is 0 Å². The fraction of sp³-hybridized carbons (Fsp3) is 0.412. The van der Waals surface area contributed by atoms with Gasteiger partial charge in [0.2, 0.25) is 0 Å². The van der Waals surface area contributed by atoms with Crippen LogP contribution in [-0.2, 0) is 6.54 Å². The van der Waals surface area contributed by atoms with Crippen LogP contribution in [0.4, 0.5) is 0 Å². The van der Waals surface area contributed by atoms with E-state index in [2.05, 4.69) is 15.3 Å². The van der Waals surface area contributed by atoms with Crippen LogP contribution in [-0.4, -0.2) is 27.0 Å². The number of nitrogens with zero attached hydrogens (tertiary/aromatic N) is 2. The number of H-pyrrole nitrogens is 1. The monoisotopic (exact) mass is 328 g/mol. The number of carbonyl (C=O) groups is 1. The van der Waals surface area contributed by atoms with Crippen LogP contribution in [0.3, 0.4) is 0 Å². The molecule has 0 spiro atoms. The van der Waals surface area contributed by atoms with Gasteiger partial charge in [0.1, 0.15) is 5.56 Å². The molecule has 2 aromatic heterocycles. The lowest BCUT2D eigenvalue weighted by atomic mass is 10.0. The molecule has 24 heavy (non-hydrogen) atoms. The van der Waals surface area contributed by atoms with E-state index in [-0.39, 0.29) is 17.7 Å². The first-order chi connectivity index (χ1) is 11.6. The summed E-state index contributed by atoms with van der Waals surface area (Å²) in [6, 6.07) is 4.64. The highest BCUT2D eigenvalue weighted by Crippen LogP contribution is 2.32. The van der Waals surface area contributed by atoms with Crippen LogP contribution >= 0.6 is 0 Å². The third kappa shape index (κ3) is 3.61. The lowest BCUT2D eigenvalue weighted by Gasteiger charge is -2.10. The average Bonchev–Trinajstić information content (AvgIpc) is 3.11. The first-order valence-corrected chi connectivity index (χ1v) is 8.17. The zero-order chi connectivity index (χ0) is 16.9. The van der Waals surface area contributed by atoms with E-state index >= 15 is 0 Å². The van der Waals surface area contributed by atoms with Gasteiger partial charge >= 0.3 is 0 Å². The first kappa shape index (κ1) is 16.2. The molecule has 0 aliphatic heterocycles. The molecule has 1 fully saturated rings. The van der Waals surface area contributed by atoms with Gasteiger partial charge in [-0.1, -0.05) is 12.8 Å². The van der Waals surface area contributed by atoms with E-state index in [0.29, 0.717) is 12.5 Å². The Morgan fingerprint density at radius 3 is 2.83 bits per heavy atom. The van der Waals surface area contributed by atoms with Crippen molar-refractivity contribution in [3.63, 3.8) is 0 Å². The number of nitrogens with one attached hydrogen (secondary N) is 2. The van der Waals surface area contributed by atoms with Crippen molar-refractivity contribution in [1.29, 1.82) is 0 Å². The maximum Gasteiger partial charge on any atom is 0.260 e. The molecule has 1 aliphatic rings. The number of carbonyl (C=O) groups excluding carboxylic acids is 1. The van der Waals surface area contributed by atoms with Gasteiger partial charge in [-0.3, -0.25) is 19.0 Å². The molecular weight excluding hydrogens is 308 g/mol. The van der Waals surface area contributed by atoms with Crippen LogP contribution in [0.15, 0.2) is 40.3 Å². The zero-order valence-electron chi connectivity index (χ0n) is 13.3. The van der Waals surface area contributed by atoms with Gasteiger partial charge < -0.3 is 10.3 Å². The molecule has 1 saturated carbocycles. The van der Waals surface area contributed by atoms with E-state index < -0.39 is 11.5 Å². The van der Waals surface area contributed by atoms with Crippen LogP contribution in [0.25, 0.3) is 0 Å². The number of rotatable bonds is 5. The fourth-order valence-corrected chi connectivity index (χ4v) is 3.04. The molecule has 7 nitrogen and oxygen atoms in total. The molecule has 0 atom stereocenters. The largest absolute Gasteiger partial charge is 0.350 e. The van der Waals surface area contributed by atoms with E-state index in [1.54, 1.807) is 12.1 Å². The van der Waals surface area contributed by atoms with Gasteiger partial charge in [-0.05, 0) is 25.0 Å². The molecule has 1 aliphatic carbocycles. The molecule has 0 saturated heterocycles. The molecule has 0 radical (unpaired) electrons. The van der Waals surface area contributed by atoms with Crippen LogP contribution in [0, 0.1) is 0 Å². The van der Waals surface area contributed by atoms with Crippen molar-refractivity contribution in [2.75, 3.05) is 6.54 Å². The maximum atomic E-state index is 12.2. The van der Waals surface area contributed by atoms with Gasteiger partial charge in [0, 0.05) is 31.3 Å². The number of hydrogen-bond acceptors (Lipinski definition) is 4. The molecule has 2 heterocycles. The van der Waals surface area contributed by atoms with E-state index in [0.717, 1.165) is 18.5 Å². The van der Waals surface area contributed by atoms with E-state index in [1.807, 2.05) is 0 Å². The normalized spacial score (nSPS) is 14.7. The second-order valence-corrected chi connectivity index (χ2v) is 6.00. The summed E-state index contributed by atoms with van der Waals surface area (Å²) in [5, 5.41) is 2.64. The highest BCUT2D eigenvalue weighted by Gasteiger charge is 2.19. The summed E-state index contributed by atoms with van der Waals surface area (Å²) in [6.07, 6.45) is 7.59. The molecule has 0 bridgehead atoms. The Hall–Kier alpha value is -2.70. The van der Waals surface area contributed by atoms with E-state index in [1.165, 1.54) is 36.0 Å². The minimum atomic E-state index is -0.458. The van der Waals surface area contributed by atoms with Crippen molar-refractivity contribution >= 4 is 5.91 Å². The Morgan fingerprint density at radius 1 is 1.33 bits per heavy atom. The minimum absolute atomic E-state index is 0.0551. The summed E-state index contributed by atoms with van der Waals surface area (Å²) in [4.78, 5) is 42.5. The van der Waals surface area contributed by atoms with Gasteiger partial charge in [0.05, 0.1) is 12.0 Å². The molecule has 3 rings (SSSR count). The molecule has 2 aromatic rings. The Labute approximate surface area is 138 Å². The van der Waals surface area contributed by atoms with Gasteiger partial charge in [-0.15, -0.1) is 0 Å². The van der Waals surface area contributed by atoms with Crippen molar-refractivity contribution < 1.29 is 4.79 Å². The summed E-state index contributed by atoms with van der Waals surface area (Å²) in [5.41, 5.74) is 0.376. The molecule has 2 N–H and O–H groups in total. The van der Waals surface area contributed by atoms with Gasteiger partial charge in [-0.25, -0.2) is 4.98 Å². The standard InChI is InChI=1S/C17H20N4O3/c22-15-10-14(12-4-1-2-5-12)20-11-21(15)9-8-19-17(24)13-6-3-7-18-16(13)23/h3,6-7,10-12H,1-2,4-5,8-9H2,(H,18,23)(H,19,24). The van der Waals surface area contributed by atoms with Gasteiger partial charge in [-0.2, -0.15) is 0 Å². The van der Waals surface area contributed by atoms with E-state index in [9.17, 15) is 14.4 Å². The molecule has 0 aromatic carbocycles. The predicted molar refractivity (Wildman–Crippen MR) is 89.1 cm³/mol. The molecular formula is C17H20N4O3. The predicted octanol–water partition coefficient (Wildman–Crippen LogP) is 1.02. The Balaban J connectivity index is 1.59. The Kier molecular flexibility index (Phi) is 4.88. The Morgan fingerprint density at radius 2 is 2.12 bits per heavy atom. The van der Waals surface area contributed by atoms with Crippen molar-refractivity contribution in [3.8, 4) is 0 Å². The number of amides is 1. The number of aromatic amines is 1. The number of pyridine rings is 1. The third-order valence-electron chi connectivity index (χ3n) is 4.38. The van der Waals surface area contributed by atoms with Crippen LogP contribution in [0.1, 0.15) is 47.7 Å². The molecule has 7 heteroatoms. The summed E-state index contributed by atoms with van der Waals surface area (Å²) in [5.74, 6) is -0.0581. The topological polar surface area (TPSA) is 96.8 Å². The average molecular weight is 328 g/mol. The van der Waals surface area contributed by atoms with Gasteiger partial charge in [0.15, 0.2) is 0 Å². The van der Waals surface area contributed by atoms with Crippen molar-refractivity contribution in [1.82, 2.24) is 19.9 Å². The minimum Gasteiger partial charge on any atom is -0.350 e. The van der Waals surface area contributed by atoms with Crippen molar-refractivity contribution in [3.05, 3.63) is 62.7 Å². The fourth-order valence-electron chi connectivity index (χ4n) is 3.04. The third-order valence-corrected chi connectivity index (χ3v) is 4.38. The van der Waals surface area contributed by atoms with Crippen LogP contribution < -0.4 is 16.4 Å². The lowest BCUT2D eigenvalue weighted by molar-refractivity contribution is 0.0950. The quantitative estimate of drug-likeness (QED) is 0.856. The number of aromatic nitrogens is 3. The summed E-state index contributed by atoms with van der Waals surface area (Å²) < 4.78 is 1.47. The second kappa shape index (κ2) is 7.25. The molecule has 1 amide bonds. The van der Waals surface area contributed by atoms with Crippen molar-refractivity contribution in [2.24, 2.45) is 0 Å². The van der Waals surface area contributed by atoms with Crippen molar-refractivity contribution in [2.45, 2.75) is 38.1 Å². The first-order valence-electron chi connectivity index (χ1n) is 8.17. The Bertz CT molecular complexity index is 834. The van der Waals surface area contributed by atoms with Gasteiger partial charge in [0.25, 0.3) is 17.0 Å². The second-order valence-electron chi connectivity index (χ2n) is 6.00. The van der Waals surface area contributed by atoms with E-state index in [4.69, 9.17) is 0 Å². The molecule has 0 unspecified atom stereocenters. The SMILES string of the molecule is O=C(NCCn1cnc(C2CCCC2)cc1=O)c1ccc[nH]c1=O. The summed E-state index contributed by atoms with van der Waals surface area (Å²) >= 11 is 0. The number of hydrogen-bond donors (Lipinski definition) is 2. The zero-order valence-corrected chi connectivity index (χ0v) is 13.3. The summed E-state index contributed by atoms with van der Waals surface area (Å²) in [7, 11) is 0. The maximum absolute atomic E-state index is 12.2. The highest BCUT2D eigenvalue weighted by molar-refractivity contribution is 5.93. The highest BCUT2D eigenvalue weighted by atomic mass is 16.2. The smallest absolute Gasteiger partial charge is 0.260 e. The lowest BCUT2D eigenvalue weighted by Crippen LogP contribution is -2.33.